The first kappa shape index (κ1) is 43.2. The molecular formula is C29H59ClFe2N2PdSi2+4. The van der Waals surface area contributed by atoms with Crippen molar-refractivity contribution in [2.45, 2.75) is 165 Å². The molecule has 0 heterocycles. The van der Waals surface area contributed by atoms with E-state index in [0.717, 1.165) is 11.1 Å². The molecule has 4 aliphatic rings. The van der Waals surface area contributed by atoms with E-state index in [2.05, 4.69) is 77.0 Å². The van der Waals surface area contributed by atoms with Crippen LogP contribution in [0.2, 0.25) is 50.4 Å². The van der Waals surface area contributed by atoms with E-state index >= 15 is 0 Å². The van der Waals surface area contributed by atoms with Gasteiger partial charge in [0.1, 0.15) is 0 Å². The molecule has 8 heteroatoms. The summed E-state index contributed by atoms with van der Waals surface area (Å²) in [5, 5.41) is 0. The van der Waals surface area contributed by atoms with Gasteiger partial charge in [-0.15, -0.1) is 0 Å². The Morgan fingerprint density at radius 2 is 0.730 bits per heavy atom. The van der Waals surface area contributed by atoms with Gasteiger partial charge in [0, 0.05) is 40.7 Å². The molecule has 2 nitrogen and oxygen atoms in total. The van der Waals surface area contributed by atoms with Gasteiger partial charge in [0.15, 0.2) is 0 Å². The predicted molar refractivity (Wildman–Crippen MR) is 165 cm³/mol. The Kier molecular flexibility index (Phi) is 28.5. The number of nitrogens with zero attached hydrogens (tertiary/aromatic N) is 2. The van der Waals surface area contributed by atoms with E-state index in [0.29, 0.717) is 12.1 Å². The minimum Gasteiger partial charge on any atom is 2.00 e. The van der Waals surface area contributed by atoms with Crippen molar-refractivity contribution in [3.05, 3.63) is 7.43 Å². The largest absolute Gasteiger partial charge is 2.00 e. The van der Waals surface area contributed by atoms with Crippen molar-refractivity contribution in [3.63, 3.8) is 0 Å². The molecule has 0 aromatic rings. The molecule has 0 N–H and O–H groups in total. The first-order valence-electron chi connectivity index (χ1n) is 14.3. The van der Waals surface area contributed by atoms with Gasteiger partial charge in [-0.05, 0) is 36.8 Å². The van der Waals surface area contributed by atoms with Crippen LogP contribution in [0.1, 0.15) is 103 Å². The molecule has 0 radical (unpaired) electrons. The Morgan fingerprint density at radius 1 is 0.514 bits per heavy atom. The topological polar surface area (TPSA) is 24.7 Å². The fourth-order valence-corrected chi connectivity index (χ4v) is 10.3. The van der Waals surface area contributed by atoms with Crippen LogP contribution >= 0.6 is 9.53 Å². The third-order valence-corrected chi connectivity index (χ3v) is 14.5. The summed E-state index contributed by atoms with van der Waals surface area (Å²) in [5.74, 6) is 0. The first-order valence-corrected chi connectivity index (χ1v) is 23.5. The van der Waals surface area contributed by atoms with Crippen molar-refractivity contribution in [1.29, 1.82) is 0 Å². The van der Waals surface area contributed by atoms with E-state index in [1.165, 1.54) is 103 Å². The molecular weight excluding hydrogens is 686 g/mol. The summed E-state index contributed by atoms with van der Waals surface area (Å²) < 4.78 is 0. The molecule has 0 aliphatic heterocycles. The SMILES string of the molecule is C(C=NC1CCCC1)=NC1CCCC1.C[Si](C)(C)C1CCCC1.C[Si](C)(C)C1CCCC1.[CH3-].[Cl][Pd+].[Fe+2].[Fe+2]. The maximum absolute atomic E-state index is 4.51. The van der Waals surface area contributed by atoms with Crippen molar-refractivity contribution in [1.82, 2.24) is 0 Å². The maximum atomic E-state index is 4.51. The predicted octanol–water partition coefficient (Wildman–Crippen LogP) is 10.7. The van der Waals surface area contributed by atoms with Crippen LogP contribution in [0.25, 0.3) is 0 Å². The van der Waals surface area contributed by atoms with E-state index in [9.17, 15) is 0 Å². The first-order chi connectivity index (χ1) is 16.2. The Bertz CT molecular complexity index is 509. The van der Waals surface area contributed by atoms with Crippen LogP contribution in [0, 0.1) is 7.43 Å². The van der Waals surface area contributed by atoms with Crippen LogP contribution in [0.15, 0.2) is 9.98 Å². The van der Waals surface area contributed by atoms with E-state index < -0.39 is 16.1 Å². The number of rotatable bonds is 5. The van der Waals surface area contributed by atoms with Crippen molar-refractivity contribution in [3.8, 4) is 0 Å². The molecule has 222 valence electrons. The molecule has 4 aliphatic carbocycles. The van der Waals surface area contributed by atoms with Gasteiger partial charge in [0.05, 0.1) is 0 Å². The van der Waals surface area contributed by atoms with Gasteiger partial charge in [-0.3, -0.25) is 9.98 Å². The molecule has 4 saturated carbocycles. The number of halogens is 1. The molecule has 37 heavy (non-hydrogen) atoms. The summed E-state index contributed by atoms with van der Waals surface area (Å²) in [6, 6.07) is 1.20. The minimum absolute atomic E-state index is 0. The second-order valence-corrected chi connectivity index (χ2v) is 24.3. The average molecular weight is 746 g/mol. The third-order valence-electron chi connectivity index (χ3n) is 8.47. The number of hydrogen-bond donors (Lipinski definition) is 0. The Morgan fingerprint density at radius 3 is 0.919 bits per heavy atom. The zero-order chi connectivity index (χ0) is 25.5. The molecule has 0 bridgehead atoms. The van der Waals surface area contributed by atoms with Crippen molar-refractivity contribution in [2.24, 2.45) is 9.98 Å². The molecule has 0 unspecified atom stereocenters. The van der Waals surface area contributed by atoms with Crippen molar-refractivity contribution >= 4 is 38.1 Å². The minimum atomic E-state index is -0.724. The van der Waals surface area contributed by atoms with Crippen LogP contribution in [0.3, 0.4) is 0 Å². The molecule has 0 aromatic heterocycles. The Labute approximate surface area is 271 Å². The zero-order valence-corrected chi connectivity index (χ0v) is 31.6. The van der Waals surface area contributed by atoms with Gasteiger partial charge in [-0.25, -0.2) is 0 Å². The van der Waals surface area contributed by atoms with Gasteiger partial charge >= 0.3 is 61.8 Å². The zero-order valence-electron chi connectivity index (χ0n) is 25.1. The van der Waals surface area contributed by atoms with Crippen LogP contribution in [0.4, 0.5) is 0 Å². The van der Waals surface area contributed by atoms with Crippen LogP contribution in [0.5, 0.6) is 0 Å². The standard InChI is InChI=1S/C12H20N2.2C8H18Si.CH3.ClH.2Fe.Pd/c1-2-6-11(5-1)13-9-10-14-12-7-3-4-8-12;2*1-9(2,3)8-6-4-5-7-8;;;;;/h9-12H,1-8H2;2*8H,4-7H2,1-3H3;1H3;1H;;;/q;;;-1;;3*+2/p-1. The molecule has 0 spiro atoms. The van der Waals surface area contributed by atoms with Crippen molar-refractivity contribution in [2.75, 3.05) is 0 Å². The van der Waals surface area contributed by atoms with Gasteiger partial charge in [0.25, 0.3) is 0 Å². The van der Waals surface area contributed by atoms with Crippen LogP contribution in [-0.4, -0.2) is 40.7 Å². The molecule has 0 atom stereocenters. The van der Waals surface area contributed by atoms with Crippen LogP contribution in [-0.2, 0) is 52.3 Å². The number of hydrogen-bond acceptors (Lipinski definition) is 2. The van der Waals surface area contributed by atoms with Gasteiger partial charge in [-0.2, -0.15) is 0 Å². The summed E-state index contributed by atoms with van der Waals surface area (Å²) in [6.07, 6.45) is 26.6. The Balaban J connectivity index is -0.000000450. The maximum Gasteiger partial charge on any atom is 2.00 e. The van der Waals surface area contributed by atoms with E-state index in [-0.39, 0.29) is 41.6 Å². The van der Waals surface area contributed by atoms with Gasteiger partial charge in [-0.1, -0.05) is 116 Å². The normalized spacial score (nSPS) is 21.2. The van der Waals surface area contributed by atoms with Crippen molar-refractivity contribution < 1.29 is 52.3 Å². The fourth-order valence-electron chi connectivity index (χ4n) is 6.01. The summed E-state index contributed by atoms with van der Waals surface area (Å²) in [4.78, 5) is 9.02. The smallest absolute Gasteiger partial charge is 2.00 e. The molecule has 4 fully saturated rings. The number of aliphatic imine (C=N–C) groups is 2. The Hall–Kier alpha value is 1.77. The monoisotopic (exact) mass is 744 g/mol. The van der Waals surface area contributed by atoms with E-state index in [1.807, 2.05) is 12.4 Å². The quantitative estimate of drug-likeness (QED) is 0.152. The summed E-state index contributed by atoms with van der Waals surface area (Å²) in [5.41, 5.74) is 2.30. The van der Waals surface area contributed by atoms with E-state index in [1.54, 1.807) is 0 Å². The molecule has 0 saturated heterocycles. The second kappa shape index (κ2) is 24.4. The molecule has 4 rings (SSSR count). The van der Waals surface area contributed by atoms with Gasteiger partial charge < -0.3 is 7.43 Å². The summed E-state index contributed by atoms with van der Waals surface area (Å²) >= 11 is 2.22. The van der Waals surface area contributed by atoms with Crippen LogP contribution < -0.4 is 0 Å². The molecule has 0 aromatic carbocycles. The van der Waals surface area contributed by atoms with Gasteiger partial charge in [0.2, 0.25) is 0 Å². The average Bonchev–Trinajstić information content (AvgIpc) is 3.61. The summed E-state index contributed by atoms with van der Waals surface area (Å²) in [6.45, 7) is 15.0. The molecule has 0 amide bonds. The summed E-state index contributed by atoms with van der Waals surface area (Å²) in [7, 11) is 3.04. The second-order valence-electron chi connectivity index (χ2n) is 13.2. The van der Waals surface area contributed by atoms with E-state index in [4.69, 9.17) is 0 Å². The third kappa shape index (κ3) is 20.3. The fraction of sp³-hybridized carbons (Fsp3) is 0.897.